The molecule has 0 amide bonds. The van der Waals surface area contributed by atoms with Gasteiger partial charge in [0.15, 0.2) is 11.5 Å². The molecule has 1 aromatic carbocycles. The highest BCUT2D eigenvalue weighted by molar-refractivity contribution is 5.47. The van der Waals surface area contributed by atoms with Gasteiger partial charge in [0.05, 0.1) is 0 Å². The largest absolute Gasteiger partial charge is 0.486 e. The molecule has 2 aromatic heterocycles. The van der Waals surface area contributed by atoms with Crippen LogP contribution in [0.5, 0.6) is 5.75 Å². The summed E-state index contributed by atoms with van der Waals surface area (Å²) in [7, 11) is 0. The zero-order chi connectivity index (χ0) is 13.2. The smallest absolute Gasteiger partial charge is 0.175 e. The number of rotatable bonds is 3. The van der Waals surface area contributed by atoms with Crippen molar-refractivity contribution in [1.82, 2.24) is 14.6 Å². The summed E-state index contributed by atoms with van der Waals surface area (Å²) in [6.45, 7) is 2.40. The highest BCUT2D eigenvalue weighted by Crippen LogP contribution is 2.14. The Labute approximate surface area is 110 Å². The number of hydrogen-bond acceptors (Lipinski definition) is 4. The summed E-state index contributed by atoms with van der Waals surface area (Å²) in [4.78, 5) is 0. The Hall–Kier alpha value is -2.56. The first kappa shape index (κ1) is 11.5. The third kappa shape index (κ3) is 2.35. The summed E-state index contributed by atoms with van der Waals surface area (Å²) in [6.07, 6.45) is 1.79. The summed E-state index contributed by atoms with van der Waals surface area (Å²) < 4.78 is 7.53. The number of nitrogens with two attached hydrogens (primary N) is 1. The maximum Gasteiger partial charge on any atom is 0.175 e. The van der Waals surface area contributed by atoms with Crippen molar-refractivity contribution in [1.29, 1.82) is 0 Å². The van der Waals surface area contributed by atoms with Gasteiger partial charge in [0, 0.05) is 11.9 Å². The van der Waals surface area contributed by atoms with E-state index in [0.29, 0.717) is 12.3 Å². The second kappa shape index (κ2) is 4.61. The number of hydrogen-bond donors (Lipinski definition) is 1. The van der Waals surface area contributed by atoms with Gasteiger partial charge in [-0.25, -0.2) is 0 Å². The van der Waals surface area contributed by atoms with E-state index in [2.05, 4.69) is 10.2 Å². The number of aromatic nitrogens is 3. The number of nitrogen functional groups attached to an aromatic ring is 1. The molecule has 3 aromatic rings. The molecule has 2 N–H and O–H groups in total. The van der Waals surface area contributed by atoms with Crippen molar-refractivity contribution in [2.24, 2.45) is 0 Å². The predicted molar refractivity (Wildman–Crippen MR) is 72.9 cm³/mol. The highest BCUT2D eigenvalue weighted by atomic mass is 16.5. The van der Waals surface area contributed by atoms with Crippen LogP contribution < -0.4 is 10.5 Å². The van der Waals surface area contributed by atoms with Crippen LogP contribution in [-0.2, 0) is 6.61 Å². The fraction of sp³-hybridized carbons (Fsp3) is 0.143. The van der Waals surface area contributed by atoms with Gasteiger partial charge in [0.2, 0.25) is 0 Å². The van der Waals surface area contributed by atoms with Gasteiger partial charge < -0.3 is 10.5 Å². The van der Waals surface area contributed by atoms with Crippen LogP contribution in [0.25, 0.3) is 5.65 Å². The number of aryl methyl sites for hydroxylation is 1. The average Bonchev–Trinajstić information content (AvgIpc) is 2.80. The first-order valence-corrected chi connectivity index (χ1v) is 6.01. The fourth-order valence-electron chi connectivity index (χ4n) is 1.84. The van der Waals surface area contributed by atoms with Crippen LogP contribution in [-0.4, -0.2) is 14.6 Å². The molecule has 0 fully saturated rings. The van der Waals surface area contributed by atoms with Crippen molar-refractivity contribution in [3.8, 4) is 5.75 Å². The summed E-state index contributed by atoms with van der Waals surface area (Å²) in [5.41, 5.74) is 8.39. The van der Waals surface area contributed by atoms with E-state index in [1.165, 1.54) is 5.56 Å². The lowest BCUT2D eigenvalue weighted by Gasteiger charge is -2.05. The van der Waals surface area contributed by atoms with Crippen LogP contribution >= 0.6 is 0 Å². The third-order valence-electron chi connectivity index (χ3n) is 2.88. The molecule has 5 heteroatoms. The van der Waals surface area contributed by atoms with Gasteiger partial charge in [0.25, 0.3) is 0 Å². The molecule has 0 saturated heterocycles. The fourth-order valence-corrected chi connectivity index (χ4v) is 1.84. The van der Waals surface area contributed by atoms with Gasteiger partial charge in [0.1, 0.15) is 12.4 Å². The molecule has 0 bridgehead atoms. The Morgan fingerprint density at radius 3 is 2.68 bits per heavy atom. The Morgan fingerprint density at radius 1 is 1.11 bits per heavy atom. The topological polar surface area (TPSA) is 65.4 Å². The van der Waals surface area contributed by atoms with E-state index < -0.39 is 0 Å². The second-order valence-electron chi connectivity index (χ2n) is 4.41. The molecule has 0 aliphatic rings. The molecule has 5 nitrogen and oxygen atoms in total. The van der Waals surface area contributed by atoms with Crippen LogP contribution in [0.2, 0.25) is 0 Å². The standard InChI is InChI=1S/C14H14N4O/c1-10-2-5-12(6-3-10)19-9-14-17-16-13-7-4-11(15)8-18(13)14/h2-8H,9,15H2,1H3. The van der Waals surface area contributed by atoms with E-state index in [1.807, 2.05) is 41.7 Å². The maximum atomic E-state index is 5.76. The Kier molecular flexibility index (Phi) is 2.79. The van der Waals surface area contributed by atoms with Crippen LogP contribution in [0.15, 0.2) is 42.6 Å². The molecule has 0 atom stereocenters. The summed E-state index contributed by atoms with van der Waals surface area (Å²) in [5, 5.41) is 8.17. The van der Waals surface area contributed by atoms with Gasteiger partial charge in [-0.3, -0.25) is 4.40 Å². The SMILES string of the molecule is Cc1ccc(OCc2nnc3ccc(N)cn23)cc1. The molecule has 2 heterocycles. The van der Waals surface area contributed by atoms with E-state index in [1.54, 1.807) is 12.3 Å². The monoisotopic (exact) mass is 254 g/mol. The summed E-state index contributed by atoms with van der Waals surface area (Å²) in [6, 6.07) is 11.5. The first-order valence-electron chi connectivity index (χ1n) is 6.01. The quantitative estimate of drug-likeness (QED) is 0.778. The van der Waals surface area contributed by atoms with Crippen LogP contribution in [0.1, 0.15) is 11.4 Å². The van der Waals surface area contributed by atoms with Gasteiger partial charge in [-0.05, 0) is 31.2 Å². The lowest BCUT2D eigenvalue weighted by molar-refractivity contribution is 0.294. The van der Waals surface area contributed by atoms with Crippen molar-refractivity contribution < 1.29 is 4.74 Å². The molecular weight excluding hydrogens is 240 g/mol. The van der Waals surface area contributed by atoms with Crippen molar-refractivity contribution >= 4 is 11.3 Å². The zero-order valence-corrected chi connectivity index (χ0v) is 10.6. The Bertz CT molecular complexity index is 703. The van der Waals surface area contributed by atoms with E-state index in [4.69, 9.17) is 10.5 Å². The summed E-state index contributed by atoms with van der Waals surface area (Å²) >= 11 is 0. The molecular formula is C14H14N4O. The molecule has 0 aliphatic heterocycles. The van der Waals surface area contributed by atoms with Gasteiger partial charge in [-0.15, -0.1) is 10.2 Å². The molecule has 19 heavy (non-hydrogen) atoms. The molecule has 3 rings (SSSR count). The highest BCUT2D eigenvalue weighted by Gasteiger charge is 2.06. The van der Waals surface area contributed by atoms with E-state index in [9.17, 15) is 0 Å². The normalized spacial score (nSPS) is 10.8. The lowest BCUT2D eigenvalue weighted by atomic mass is 10.2. The van der Waals surface area contributed by atoms with Crippen molar-refractivity contribution in [3.05, 3.63) is 54.0 Å². The number of anilines is 1. The van der Waals surface area contributed by atoms with Crippen LogP contribution in [0, 0.1) is 6.92 Å². The van der Waals surface area contributed by atoms with Crippen molar-refractivity contribution in [3.63, 3.8) is 0 Å². The number of fused-ring (bicyclic) bond motifs is 1. The molecule has 0 saturated carbocycles. The Balaban J connectivity index is 1.81. The van der Waals surface area contributed by atoms with E-state index >= 15 is 0 Å². The number of benzene rings is 1. The minimum absolute atomic E-state index is 0.355. The molecule has 0 radical (unpaired) electrons. The van der Waals surface area contributed by atoms with Crippen molar-refractivity contribution in [2.75, 3.05) is 5.73 Å². The predicted octanol–water partition coefficient (Wildman–Crippen LogP) is 2.20. The number of nitrogens with zero attached hydrogens (tertiary/aromatic N) is 3. The third-order valence-corrected chi connectivity index (χ3v) is 2.88. The van der Waals surface area contributed by atoms with Crippen LogP contribution in [0.4, 0.5) is 5.69 Å². The lowest BCUT2D eigenvalue weighted by Crippen LogP contribution is -2.02. The van der Waals surface area contributed by atoms with Gasteiger partial charge >= 0.3 is 0 Å². The van der Waals surface area contributed by atoms with E-state index in [-0.39, 0.29) is 0 Å². The zero-order valence-electron chi connectivity index (χ0n) is 10.6. The maximum absolute atomic E-state index is 5.76. The van der Waals surface area contributed by atoms with E-state index in [0.717, 1.165) is 17.2 Å². The van der Waals surface area contributed by atoms with Gasteiger partial charge in [-0.2, -0.15) is 0 Å². The molecule has 0 unspecified atom stereocenters. The van der Waals surface area contributed by atoms with Crippen LogP contribution in [0.3, 0.4) is 0 Å². The minimum atomic E-state index is 0.355. The first-order chi connectivity index (χ1) is 9.22. The average molecular weight is 254 g/mol. The number of ether oxygens (including phenoxy) is 1. The van der Waals surface area contributed by atoms with Gasteiger partial charge in [-0.1, -0.05) is 17.7 Å². The van der Waals surface area contributed by atoms with Crippen molar-refractivity contribution in [2.45, 2.75) is 13.5 Å². The number of pyridine rings is 1. The molecule has 0 spiro atoms. The Morgan fingerprint density at radius 2 is 1.89 bits per heavy atom. The molecule has 96 valence electrons. The second-order valence-corrected chi connectivity index (χ2v) is 4.41. The minimum Gasteiger partial charge on any atom is -0.486 e. The summed E-state index contributed by atoms with van der Waals surface area (Å²) in [5.74, 6) is 1.54. The molecule has 0 aliphatic carbocycles.